The minimum atomic E-state index is -5.15. The van der Waals surface area contributed by atoms with Gasteiger partial charge >= 0.3 is 6.18 Å². The van der Waals surface area contributed by atoms with Crippen molar-refractivity contribution in [1.82, 2.24) is 10.6 Å². The lowest BCUT2D eigenvalue weighted by Crippen LogP contribution is -2.72. The highest BCUT2D eigenvalue weighted by atomic mass is 35.5. The number of benzene rings is 2. The number of rotatable bonds is 3. The molecule has 142 valence electrons. The first kappa shape index (κ1) is 19.6. The smallest absolute Gasteiger partial charge is 0.363 e. The van der Waals surface area contributed by atoms with Crippen LogP contribution in [0.4, 0.5) is 13.2 Å². The van der Waals surface area contributed by atoms with E-state index in [2.05, 4.69) is 5.32 Å². The van der Waals surface area contributed by atoms with E-state index in [1.54, 1.807) is 6.07 Å². The number of aliphatic hydroxyl groups is 1. The molecule has 0 spiro atoms. The molecule has 0 saturated carbocycles. The lowest BCUT2D eigenvalue weighted by molar-refractivity contribution is -0.285. The summed E-state index contributed by atoms with van der Waals surface area (Å²) >= 11 is 10.7. The molecular weight excluding hydrogens is 401 g/mol. The van der Waals surface area contributed by atoms with Gasteiger partial charge in [-0.2, -0.15) is 13.2 Å². The molecular formula is C18H14ClF3N2O2S. The number of hydrogen-bond acceptors (Lipinski definition) is 3. The van der Waals surface area contributed by atoms with Gasteiger partial charge in [-0.15, -0.1) is 0 Å². The molecule has 0 bridgehead atoms. The average molecular weight is 415 g/mol. The van der Waals surface area contributed by atoms with Crippen LogP contribution in [0, 0.1) is 5.92 Å². The summed E-state index contributed by atoms with van der Waals surface area (Å²) in [6, 6.07) is 12.2. The van der Waals surface area contributed by atoms with Gasteiger partial charge in [-0.05, 0) is 29.9 Å². The molecule has 3 N–H and O–H groups in total. The lowest BCUT2D eigenvalue weighted by Gasteiger charge is -2.46. The zero-order valence-corrected chi connectivity index (χ0v) is 15.2. The van der Waals surface area contributed by atoms with E-state index in [-0.39, 0.29) is 5.56 Å². The second-order valence-electron chi connectivity index (χ2n) is 6.10. The van der Waals surface area contributed by atoms with Gasteiger partial charge in [-0.1, -0.05) is 54.1 Å². The molecule has 27 heavy (non-hydrogen) atoms. The van der Waals surface area contributed by atoms with Crippen molar-refractivity contribution in [3.8, 4) is 0 Å². The van der Waals surface area contributed by atoms with Gasteiger partial charge in [0.05, 0.1) is 6.04 Å². The molecule has 0 radical (unpaired) electrons. The quantitative estimate of drug-likeness (QED) is 0.529. The molecule has 3 rings (SSSR count). The molecule has 0 amide bonds. The van der Waals surface area contributed by atoms with Crippen LogP contribution in [0.3, 0.4) is 0 Å². The Labute approximate surface area is 163 Å². The number of alkyl halides is 3. The Morgan fingerprint density at radius 1 is 1.11 bits per heavy atom. The minimum Gasteiger partial charge on any atom is -0.363 e. The molecule has 1 aliphatic rings. The molecule has 3 atom stereocenters. The largest absolute Gasteiger partial charge is 0.437 e. The van der Waals surface area contributed by atoms with Crippen LogP contribution in [-0.2, 0) is 0 Å². The normalized spacial score (nSPS) is 25.4. The third-order valence-electron chi connectivity index (χ3n) is 4.38. The molecule has 0 unspecified atom stereocenters. The number of carbonyl (C=O) groups excluding carboxylic acids is 1. The third-order valence-corrected chi connectivity index (χ3v) is 4.85. The van der Waals surface area contributed by atoms with Crippen molar-refractivity contribution in [1.29, 1.82) is 0 Å². The maximum atomic E-state index is 13.8. The van der Waals surface area contributed by atoms with Crippen molar-refractivity contribution < 1.29 is 23.1 Å². The van der Waals surface area contributed by atoms with Crippen molar-refractivity contribution in [3.63, 3.8) is 0 Å². The van der Waals surface area contributed by atoms with Crippen LogP contribution in [0.5, 0.6) is 0 Å². The molecule has 1 saturated heterocycles. The highest BCUT2D eigenvalue weighted by molar-refractivity contribution is 7.80. The van der Waals surface area contributed by atoms with Crippen molar-refractivity contribution in [2.45, 2.75) is 17.9 Å². The fourth-order valence-electron chi connectivity index (χ4n) is 3.07. The van der Waals surface area contributed by atoms with Crippen LogP contribution < -0.4 is 10.6 Å². The first-order chi connectivity index (χ1) is 12.6. The maximum Gasteiger partial charge on any atom is 0.437 e. The lowest BCUT2D eigenvalue weighted by atomic mass is 9.77. The van der Waals surface area contributed by atoms with E-state index in [1.807, 2.05) is 5.32 Å². The first-order valence-corrected chi connectivity index (χ1v) is 8.64. The van der Waals surface area contributed by atoms with E-state index in [4.69, 9.17) is 23.8 Å². The Kier molecular flexibility index (Phi) is 5.16. The Morgan fingerprint density at radius 3 is 2.26 bits per heavy atom. The van der Waals surface area contributed by atoms with E-state index in [1.165, 1.54) is 48.5 Å². The molecule has 1 aliphatic heterocycles. The number of ketones is 1. The zero-order chi connectivity index (χ0) is 19.8. The van der Waals surface area contributed by atoms with Gasteiger partial charge in [0.25, 0.3) is 0 Å². The maximum absolute atomic E-state index is 13.8. The van der Waals surface area contributed by atoms with Crippen molar-refractivity contribution in [3.05, 3.63) is 70.7 Å². The van der Waals surface area contributed by atoms with Gasteiger partial charge in [-0.3, -0.25) is 4.79 Å². The van der Waals surface area contributed by atoms with Crippen LogP contribution >= 0.6 is 23.8 Å². The second-order valence-corrected chi connectivity index (χ2v) is 6.94. The van der Waals surface area contributed by atoms with Crippen LogP contribution in [0.2, 0.25) is 5.02 Å². The highest BCUT2D eigenvalue weighted by Gasteiger charge is 2.65. The number of nitrogens with one attached hydrogen (secondary N) is 2. The van der Waals surface area contributed by atoms with Crippen LogP contribution in [0.1, 0.15) is 22.0 Å². The standard InChI is InChI=1S/C18H14ClF3N2O2S/c19-12-8-6-10(7-9-12)14-13(15(25)11-4-2-1-3-5-11)17(26,18(20,21)22)24-16(27)23-14/h1-9,13-14,26H,(H2,23,24,27)/t13-,14-,17-/m1/s1. The van der Waals surface area contributed by atoms with Gasteiger partial charge in [0.2, 0.25) is 5.72 Å². The first-order valence-electron chi connectivity index (χ1n) is 7.86. The van der Waals surface area contributed by atoms with Gasteiger partial charge in [0.1, 0.15) is 5.92 Å². The summed E-state index contributed by atoms with van der Waals surface area (Å²) in [5.74, 6) is -2.80. The predicted molar refractivity (Wildman–Crippen MR) is 98.3 cm³/mol. The fraction of sp³-hybridized carbons (Fsp3) is 0.222. The van der Waals surface area contributed by atoms with Crippen molar-refractivity contribution >= 4 is 34.7 Å². The van der Waals surface area contributed by atoms with Crippen molar-refractivity contribution in [2.75, 3.05) is 0 Å². The molecule has 2 aromatic rings. The summed E-state index contributed by atoms with van der Waals surface area (Å²) in [6.07, 6.45) is -5.15. The molecule has 2 aromatic carbocycles. The Morgan fingerprint density at radius 2 is 1.70 bits per heavy atom. The van der Waals surface area contributed by atoms with E-state index in [0.29, 0.717) is 10.6 Å². The van der Waals surface area contributed by atoms with Gasteiger partial charge in [-0.25, -0.2) is 0 Å². The Bertz CT molecular complexity index is 861. The van der Waals surface area contributed by atoms with Crippen LogP contribution in [0.15, 0.2) is 54.6 Å². The summed E-state index contributed by atoms with van der Waals surface area (Å²) in [6.45, 7) is 0. The van der Waals surface area contributed by atoms with Gasteiger partial charge in [0.15, 0.2) is 10.9 Å². The fourth-order valence-corrected chi connectivity index (χ4v) is 3.48. The molecule has 0 aromatic heterocycles. The highest BCUT2D eigenvalue weighted by Crippen LogP contribution is 2.44. The average Bonchev–Trinajstić information content (AvgIpc) is 2.61. The molecule has 0 aliphatic carbocycles. The zero-order valence-electron chi connectivity index (χ0n) is 13.6. The summed E-state index contributed by atoms with van der Waals surface area (Å²) in [7, 11) is 0. The predicted octanol–water partition coefficient (Wildman–Crippen LogP) is 3.61. The summed E-state index contributed by atoms with van der Waals surface area (Å²) in [4.78, 5) is 13.0. The van der Waals surface area contributed by atoms with E-state index in [9.17, 15) is 23.1 Å². The topological polar surface area (TPSA) is 61.4 Å². The molecule has 1 heterocycles. The van der Waals surface area contributed by atoms with Crippen LogP contribution in [0.25, 0.3) is 0 Å². The summed E-state index contributed by atoms with van der Waals surface area (Å²) < 4.78 is 41.4. The van der Waals surface area contributed by atoms with E-state index >= 15 is 0 Å². The monoisotopic (exact) mass is 414 g/mol. The van der Waals surface area contributed by atoms with Crippen molar-refractivity contribution in [2.24, 2.45) is 5.92 Å². The third kappa shape index (κ3) is 3.65. The van der Waals surface area contributed by atoms with Gasteiger partial charge in [0, 0.05) is 10.6 Å². The number of carbonyl (C=O) groups is 1. The molecule has 9 heteroatoms. The van der Waals surface area contributed by atoms with E-state index in [0.717, 1.165) is 0 Å². The Hall–Kier alpha value is -2.16. The molecule has 4 nitrogen and oxygen atoms in total. The minimum absolute atomic E-state index is 0.0422. The summed E-state index contributed by atoms with van der Waals surface area (Å²) in [5, 5.41) is 15.0. The van der Waals surface area contributed by atoms with Gasteiger partial charge < -0.3 is 15.7 Å². The number of thiocarbonyl (C=S) groups is 1. The number of Topliss-reactive ketones (excluding diaryl/α,β-unsaturated/α-hetero) is 1. The van der Waals surface area contributed by atoms with E-state index < -0.39 is 34.8 Å². The Balaban J connectivity index is 2.15. The summed E-state index contributed by atoms with van der Waals surface area (Å²) in [5.41, 5.74) is -3.16. The van der Waals surface area contributed by atoms with Crippen LogP contribution in [-0.4, -0.2) is 27.9 Å². The second kappa shape index (κ2) is 7.10. The number of hydrogen-bond donors (Lipinski definition) is 3. The number of halogens is 4. The SMILES string of the molecule is O=C(c1ccccc1)[C@H]1[C@@H](c2ccc(Cl)cc2)NC(=S)N[C@]1(O)C(F)(F)F. The molecule has 1 fully saturated rings.